The molecule has 2 rings (SSSR count). The zero-order valence-electron chi connectivity index (χ0n) is 12.0. The first-order chi connectivity index (χ1) is 10.8. The van der Waals surface area contributed by atoms with E-state index in [1.54, 1.807) is 34.7 Å². The van der Waals surface area contributed by atoms with Crippen molar-refractivity contribution < 1.29 is 22.7 Å². The van der Waals surface area contributed by atoms with Crippen LogP contribution in [-0.4, -0.2) is 15.9 Å². The van der Waals surface area contributed by atoms with Crippen molar-refractivity contribution >= 4 is 28.7 Å². The van der Waals surface area contributed by atoms with Crippen molar-refractivity contribution in [3.63, 3.8) is 0 Å². The molecule has 0 atom stereocenters. The molecule has 23 heavy (non-hydrogen) atoms. The largest absolute Gasteiger partial charge is 0.445 e. The van der Waals surface area contributed by atoms with Gasteiger partial charge in [-0.1, -0.05) is 30.3 Å². The van der Waals surface area contributed by atoms with E-state index in [0.29, 0.717) is 0 Å². The molecule has 0 aliphatic rings. The molecule has 2 aromatic rings. The number of amides is 1. The Morgan fingerprint density at radius 3 is 2.57 bits per heavy atom. The summed E-state index contributed by atoms with van der Waals surface area (Å²) < 4.78 is 44.3. The summed E-state index contributed by atoms with van der Waals surface area (Å²) in [5, 5.41) is 5.87. The van der Waals surface area contributed by atoms with Crippen molar-refractivity contribution in [3.05, 3.63) is 50.9 Å². The van der Waals surface area contributed by atoms with Crippen molar-refractivity contribution in [2.75, 3.05) is 0 Å². The van der Waals surface area contributed by atoms with Gasteiger partial charge in [-0.25, -0.2) is 4.79 Å². The van der Waals surface area contributed by atoms with Crippen LogP contribution in [0.5, 0.6) is 0 Å². The molecule has 0 spiro atoms. The third kappa shape index (κ3) is 4.60. The van der Waals surface area contributed by atoms with Gasteiger partial charge in [-0.2, -0.15) is 18.3 Å². The Morgan fingerprint density at radius 2 is 2.00 bits per heavy atom. The number of nitrogens with one attached hydrogen (secondary N) is 1. The fourth-order valence-corrected chi connectivity index (χ4v) is 2.79. The number of carbonyl (C=O) groups excluding carboxylic acids is 1. The van der Waals surface area contributed by atoms with Gasteiger partial charge in [0.25, 0.3) is 0 Å². The van der Waals surface area contributed by atoms with Crippen molar-refractivity contribution in [1.29, 1.82) is 0 Å². The molecule has 1 amide bonds. The molecule has 1 N–H and O–H groups in total. The van der Waals surface area contributed by atoms with Gasteiger partial charge in [-0.3, -0.25) is 4.68 Å². The van der Waals surface area contributed by atoms with Crippen LogP contribution in [0.1, 0.15) is 17.0 Å². The van der Waals surface area contributed by atoms with Crippen molar-refractivity contribution in [3.8, 4) is 0 Å². The SMILES string of the molecule is Cn1nc(C(F)(F)F)c(I)c1CNC(=O)OCc1ccccc1. The topological polar surface area (TPSA) is 56.2 Å². The molecule has 0 bridgehead atoms. The average Bonchev–Trinajstić information content (AvgIpc) is 2.79. The number of benzene rings is 1. The monoisotopic (exact) mass is 439 g/mol. The van der Waals surface area contributed by atoms with E-state index in [-0.39, 0.29) is 22.4 Å². The first kappa shape index (κ1) is 17.6. The standard InChI is InChI=1S/C14H13F3IN3O2/c1-21-10(11(18)12(20-21)14(15,16)17)7-19-13(22)23-8-9-5-3-2-4-6-9/h2-6H,7-8H2,1H3,(H,19,22). The Hall–Kier alpha value is -1.78. The first-order valence-electron chi connectivity index (χ1n) is 6.52. The highest BCUT2D eigenvalue weighted by Gasteiger charge is 2.38. The van der Waals surface area contributed by atoms with E-state index in [9.17, 15) is 18.0 Å². The van der Waals surface area contributed by atoms with Gasteiger partial charge in [0.2, 0.25) is 0 Å². The highest BCUT2D eigenvalue weighted by molar-refractivity contribution is 14.1. The molecule has 5 nitrogen and oxygen atoms in total. The number of aryl methyl sites for hydroxylation is 1. The fourth-order valence-electron chi connectivity index (χ4n) is 1.84. The fraction of sp³-hybridized carbons (Fsp3) is 0.286. The summed E-state index contributed by atoms with van der Waals surface area (Å²) in [4.78, 5) is 11.6. The molecule has 0 aliphatic heterocycles. The minimum Gasteiger partial charge on any atom is -0.445 e. The molecule has 1 aromatic heterocycles. The zero-order valence-corrected chi connectivity index (χ0v) is 14.2. The van der Waals surface area contributed by atoms with Crippen molar-refractivity contribution in [2.45, 2.75) is 19.3 Å². The molecule has 0 radical (unpaired) electrons. The van der Waals surface area contributed by atoms with Gasteiger partial charge in [-0.15, -0.1) is 0 Å². The number of alkyl halides is 3. The normalized spacial score (nSPS) is 11.3. The summed E-state index contributed by atoms with van der Waals surface area (Å²) in [7, 11) is 1.39. The Bertz CT molecular complexity index is 687. The smallest absolute Gasteiger partial charge is 0.436 e. The van der Waals surface area contributed by atoms with Gasteiger partial charge in [0.05, 0.1) is 15.8 Å². The van der Waals surface area contributed by atoms with E-state index < -0.39 is 18.0 Å². The summed E-state index contributed by atoms with van der Waals surface area (Å²) in [5.74, 6) is 0. The molecular formula is C14H13F3IN3O2. The van der Waals surface area contributed by atoms with E-state index in [4.69, 9.17) is 4.74 Å². The van der Waals surface area contributed by atoms with Crippen LogP contribution in [0.3, 0.4) is 0 Å². The summed E-state index contributed by atoms with van der Waals surface area (Å²) in [6.45, 7) is -0.0194. The van der Waals surface area contributed by atoms with Crippen LogP contribution >= 0.6 is 22.6 Å². The lowest BCUT2D eigenvalue weighted by molar-refractivity contribution is -0.142. The lowest BCUT2D eigenvalue weighted by atomic mass is 10.2. The summed E-state index contributed by atoms with van der Waals surface area (Å²) in [6, 6.07) is 9.06. The molecule has 1 aromatic carbocycles. The van der Waals surface area contributed by atoms with Crippen LogP contribution in [0, 0.1) is 3.57 Å². The molecule has 0 unspecified atom stereocenters. The van der Waals surface area contributed by atoms with Gasteiger partial charge >= 0.3 is 12.3 Å². The zero-order chi connectivity index (χ0) is 17.0. The van der Waals surface area contributed by atoms with E-state index in [0.717, 1.165) is 10.2 Å². The second-order valence-corrected chi connectivity index (χ2v) is 5.72. The number of alkyl carbamates (subject to hydrolysis) is 1. The molecule has 124 valence electrons. The Labute approximate surface area is 144 Å². The molecule has 9 heteroatoms. The average molecular weight is 439 g/mol. The number of hydrogen-bond donors (Lipinski definition) is 1. The predicted octanol–water partition coefficient (Wildman–Crippen LogP) is 3.47. The number of ether oxygens (including phenoxy) is 1. The second-order valence-electron chi connectivity index (χ2n) is 4.65. The molecule has 0 aliphatic carbocycles. The van der Waals surface area contributed by atoms with Gasteiger partial charge in [0.1, 0.15) is 6.61 Å². The Morgan fingerprint density at radius 1 is 1.35 bits per heavy atom. The van der Waals surface area contributed by atoms with E-state index in [1.807, 2.05) is 18.2 Å². The molecule has 0 fully saturated rings. The second kappa shape index (κ2) is 7.20. The van der Waals surface area contributed by atoms with E-state index in [1.165, 1.54) is 7.05 Å². The minimum absolute atomic E-state index is 0.0408. The van der Waals surface area contributed by atoms with Crippen molar-refractivity contribution in [1.82, 2.24) is 15.1 Å². The van der Waals surface area contributed by atoms with Crippen LogP contribution in [-0.2, 0) is 31.1 Å². The number of rotatable bonds is 4. The lowest BCUT2D eigenvalue weighted by Gasteiger charge is -2.08. The number of aromatic nitrogens is 2. The maximum Gasteiger partial charge on any atom is 0.436 e. The first-order valence-corrected chi connectivity index (χ1v) is 7.60. The predicted molar refractivity (Wildman–Crippen MR) is 84.4 cm³/mol. The summed E-state index contributed by atoms with van der Waals surface area (Å²) >= 11 is 1.57. The quantitative estimate of drug-likeness (QED) is 0.743. The van der Waals surface area contributed by atoms with Crippen molar-refractivity contribution in [2.24, 2.45) is 7.05 Å². The van der Waals surface area contributed by atoms with Crippen LogP contribution in [0.2, 0.25) is 0 Å². The maximum atomic E-state index is 12.8. The third-order valence-electron chi connectivity index (χ3n) is 2.98. The lowest BCUT2D eigenvalue weighted by Crippen LogP contribution is -2.25. The van der Waals surface area contributed by atoms with Gasteiger partial charge in [-0.05, 0) is 28.2 Å². The van der Waals surface area contributed by atoms with E-state index >= 15 is 0 Å². The third-order valence-corrected chi connectivity index (χ3v) is 4.12. The van der Waals surface area contributed by atoms with Gasteiger partial charge < -0.3 is 10.1 Å². The van der Waals surface area contributed by atoms with Crippen LogP contribution in [0.15, 0.2) is 30.3 Å². The Kier molecular flexibility index (Phi) is 5.50. The van der Waals surface area contributed by atoms with Gasteiger partial charge in [0, 0.05) is 7.05 Å². The van der Waals surface area contributed by atoms with Gasteiger partial charge in [0.15, 0.2) is 5.69 Å². The van der Waals surface area contributed by atoms with E-state index in [2.05, 4.69) is 10.4 Å². The minimum atomic E-state index is -4.53. The summed E-state index contributed by atoms with van der Waals surface area (Å²) in [5.41, 5.74) is 0.113. The molecular weight excluding hydrogens is 426 g/mol. The number of halogens is 4. The van der Waals surface area contributed by atoms with Crippen LogP contribution in [0.25, 0.3) is 0 Å². The highest BCUT2D eigenvalue weighted by Crippen LogP contribution is 2.33. The summed E-state index contributed by atoms with van der Waals surface area (Å²) in [6.07, 6.45) is -5.24. The number of nitrogens with zero attached hydrogens (tertiary/aromatic N) is 2. The molecule has 0 saturated carbocycles. The van der Waals surface area contributed by atoms with Crippen LogP contribution in [0.4, 0.5) is 18.0 Å². The molecule has 1 heterocycles. The highest BCUT2D eigenvalue weighted by atomic mass is 127. The van der Waals surface area contributed by atoms with Crippen LogP contribution < -0.4 is 5.32 Å². The Balaban J connectivity index is 1.93. The number of carbonyl (C=O) groups is 1. The molecule has 0 saturated heterocycles. The number of hydrogen-bond acceptors (Lipinski definition) is 3. The maximum absolute atomic E-state index is 12.8.